The van der Waals surface area contributed by atoms with E-state index in [1.807, 2.05) is 48.5 Å². The van der Waals surface area contributed by atoms with Gasteiger partial charge in [0.1, 0.15) is 11.6 Å². The van der Waals surface area contributed by atoms with Crippen molar-refractivity contribution in [3.63, 3.8) is 0 Å². The van der Waals surface area contributed by atoms with Crippen LogP contribution >= 0.6 is 0 Å². The molecule has 0 atom stereocenters. The molecular formula is C24H25N3O2. The van der Waals surface area contributed by atoms with Crippen molar-refractivity contribution in [2.24, 2.45) is 0 Å². The van der Waals surface area contributed by atoms with Gasteiger partial charge in [-0.15, -0.1) is 0 Å². The van der Waals surface area contributed by atoms with E-state index < -0.39 is 0 Å². The van der Waals surface area contributed by atoms with E-state index in [2.05, 4.69) is 33.5 Å². The van der Waals surface area contributed by atoms with Gasteiger partial charge in [0.2, 0.25) is 5.91 Å². The standard InChI is InChI=1S/C24H25N3O2/c28-24(25-16-6-14-23-26-20-11-3-4-12-21(20)27-23)15-7-17-29-22-13-5-9-18-8-1-2-10-19(18)22/h1-5,8-13H,6-7,14-17H2,(H,25,28)(H,26,27). The highest BCUT2D eigenvalue weighted by Crippen LogP contribution is 2.25. The van der Waals surface area contributed by atoms with E-state index in [0.29, 0.717) is 26.0 Å². The summed E-state index contributed by atoms with van der Waals surface area (Å²) in [5, 5.41) is 5.24. The van der Waals surface area contributed by atoms with Crippen LogP contribution in [0.3, 0.4) is 0 Å². The summed E-state index contributed by atoms with van der Waals surface area (Å²) in [6.07, 6.45) is 2.84. The molecule has 5 heteroatoms. The maximum atomic E-state index is 12.0. The van der Waals surface area contributed by atoms with Gasteiger partial charge < -0.3 is 15.0 Å². The Hall–Kier alpha value is -3.34. The summed E-state index contributed by atoms with van der Waals surface area (Å²) in [4.78, 5) is 19.9. The zero-order chi connectivity index (χ0) is 19.9. The minimum atomic E-state index is 0.0659. The van der Waals surface area contributed by atoms with Gasteiger partial charge in [0.25, 0.3) is 0 Å². The molecule has 0 radical (unpaired) electrons. The average Bonchev–Trinajstić information content (AvgIpc) is 3.17. The summed E-state index contributed by atoms with van der Waals surface area (Å²) in [5.41, 5.74) is 2.04. The highest BCUT2D eigenvalue weighted by Gasteiger charge is 2.05. The van der Waals surface area contributed by atoms with E-state index in [1.54, 1.807) is 0 Å². The number of hydrogen-bond acceptors (Lipinski definition) is 3. The maximum absolute atomic E-state index is 12.0. The number of carbonyl (C=O) groups excluding carboxylic acids is 1. The van der Waals surface area contributed by atoms with Crippen LogP contribution in [0, 0.1) is 0 Å². The summed E-state index contributed by atoms with van der Waals surface area (Å²) in [6, 6.07) is 22.2. The van der Waals surface area contributed by atoms with E-state index in [1.165, 1.54) is 0 Å². The van der Waals surface area contributed by atoms with Crippen molar-refractivity contribution in [3.05, 3.63) is 72.6 Å². The Kier molecular flexibility index (Phi) is 6.05. The third kappa shape index (κ3) is 4.93. The molecule has 0 aliphatic heterocycles. The first-order chi connectivity index (χ1) is 14.3. The summed E-state index contributed by atoms with van der Waals surface area (Å²) in [7, 11) is 0. The smallest absolute Gasteiger partial charge is 0.220 e. The molecule has 0 unspecified atom stereocenters. The first-order valence-electron chi connectivity index (χ1n) is 10.1. The summed E-state index contributed by atoms with van der Waals surface area (Å²) < 4.78 is 5.89. The van der Waals surface area contributed by atoms with E-state index >= 15 is 0 Å². The Morgan fingerprint density at radius 3 is 2.72 bits per heavy atom. The number of nitrogens with one attached hydrogen (secondary N) is 2. The molecule has 2 N–H and O–H groups in total. The van der Waals surface area contributed by atoms with Gasteiger partial charge in [-0.25, -0.2) is 4.98 Å². The molecule has 0 saturated heterocycles. The number of carbonyl (C=O) groups is 1. The van der Waals surface area contributed by atoms with Gasteiger partial charge >= 0.3 is 0 Å². The van der Waals surface area contributed by atoms with Crippen LogP contribution in [0.1, 0.15) is 25.1 Å². The Morgan fingerprint density at radius 2 is 1.79 bits per heavy atom. The number of rotatable bonds is 9. The third-order valence-corrected chi connectivity index (χ3v) is 4.91. The Morgan fingerprint density at radius 1 is 0.966 bits per heavy atom. The van der Waals surface area contributed by atoms with E-state index in [9.17, 15) is 4.79 Å². The lowest BCUT2D eigenvalue weighted by Gasteiger charge is -2.09. The zero-order valence-electron chi connectivity index (χ0n) is 16.4. The number of para-hydroxylation sites is 2. The summed E-state index contributed by atoms with van der Waals surface area (Å²) >= 11 is 0. The molecule has 0 spiro atoms. The monoisotopic (exact) mass is 387 g/mol. The average molecular weight is 387 g/mol. The third-order valence-electron chi connectivity index (χ3n) is 4.91. The number of aromatic nitrogens is 2. The first-order valence-corrected chi connectivity index (χ1v) is 10.1. The van der Waals surface area contributed by atoms with Crippen molar-refractivity contribution in [1.29, 1.82) is 0 Å². The van der Waals surface area contributed by atoms with Crippen molar-refractivity contribution in [3.8, 4) is 5.75 Å². The Balaban J connectivity index is 1.14. The molecular weight excluding hydrogens is 362 g/mol. The second-order valence-corrected chi connectivity index (χ2v) is 7.08. The fourth-order valence-electron chi connectivity index (χ4n) is 3.43. The number of aryl methyl sites for hydroxylation is 1. The topological polar surface area (TPSA) is 67.0 Å². The molecule has 0 fully saturated rings. The molecule has 3 aromatic carbocycles. The molecule has 4 aromatic rings. The van der Waals surface area contributed by atoms with E-state index in [0.717, 1.165) is 46.2 Å². The highest BCUT2D eigenvalue weighted by molar-refractivity contribution is 5.88. The van der Waals surface area contributed by atoms with Crippen LogP contribution in [0.2, 0.25) is 0 Å². The molecule has 1 heterocycles. The van der Waals surface area contributed by atoms with Crippen molar-refractivity contribution < 1.29 is 9.53 Å². The van der Waals surface area contributed by atoms with Gasteiger partial charge in [0.05, 0.1) is 17.6 Å². The Bertz CT molecular complexity index is 1070. The number of amides is 1. The number of aromatic amines is 1. The number of hydrogen-bond donors (Lipinski definition) is 2. The van der Waals surface area contributed by atoms with Crippen LogP contribution < -0.4 is 10.1 Å². The number of H-pyrrole nitrogens is 1. The van der Waals surface area contributed by atoms with E-state index in [4.69, 9.17) is 4.74 Å². The lowest BCUT2D eigenvalue weighted by Crippen LogP contribution is -2.25. The van der Waals surface area contributed by atoms with Gasteiger partial charge in [-0.1, -0.05) is 48.5 Å². The SMILES string of the molecule is O=C(CCCOc1cccc2ccccc12)NCCCc1nc2ccccc2[nH]1. The van der Waals surface area contributed by atoms with Crippen LogP contribution in [0.15, 0.2) is 66.7 Å². The van der Waals surface area contributed by atoms with E-state index in [-0.39, 0.29) is 5.91 Å². The second kappa shape index (κ2) is 9.24. The van der Waals surface area contributed by atoms with Crippen LogP contribution in [-0.2, 0) is 11.2 Å². The lowest BCUT2D eigenvalue weighted by atomic mass is 10.1. The molecule has 29 heavy (non-hydrogen) atoms. The second-order valence-electron chi connectivity index (χ2n) is 7.08. The van der Waals surface area contributed by atoms with Crippen LogP contribution in [-0.4, -0.2) is 29.0 Å². The van der Waals surface area contributed by atoms with Gasteiger partial charge in [-0.3, -0.25) is 4.79 Å². The van der Waals surface area contributed by atoms with Crippen LogP contribution in [0.4, 0.5) is 0 Å². The number of ether oxygens (including phenoxy) is 1. The molecule has 5 nitrogen and oxygen atoms in total. The molecule has 0 saturated carbocycles. The van der Waals surface area contributed by atoms with Crippen LogP contribution in [0.5, 0.6) is 5.75 Å². The first kappa shape index (κ1) is 19.0. The molecule has 4 rings (SSSR count). The van der Waals surface area contributed by atoms with Crippen molar-refractivity contribution >= 4 is 27.7 Å². The quantitative estimate of drug-likeness (QED) is 0.412. The molecule has 0 bridgehead atoms. The number of fused-ring (bicyclic) bond motifs is 2. The number of nitrogens with zero attached hydrogens (tertiary/aromatic N) is 1. The van der Waals surface area contributed by atoms with Crippen molar-refractivity contribution in [1.82, 2.24) is 15.3 Å². The maximum Gasteiger partial charge on any atom is 0.220 e. The largest absolute Gasteiger partial charge is 0.493 e. The number of benzene rings is 3. The minimum absolute atomic E-state index is 0.0659. The highest BCUT2D eigenvalue weighted by atomic mass is 16.5. The zero-order valence-corrected chi connectivity index (χ0v) is 16.4. The Labute approximate surface area is 170 Å². The van der Waals surface area contributed by atoms with Gasteiger partial charge in [0.15, 0.2) is 0 Å². The lowest BCUT2D eigenvalue weighted by molar-refractivity contribution is -0.121. The molecule has 0 aliphatic rings. The molecule has 148 valence electrons. The van der Waals surface area contributed by atoms with Crippen molar-refractivity contribution in [2.45, 2.75) is 25.7 Å². The number of imidazole rings is 1. The van der Waals surface area contributed by atoms with Crippen molar-refractivity contribution in [2.75, 3.05) is 13.2 Å². The predicted molar refractivity (Wildman–Crippen MR) is 116 cm³/mol. The van der Waals surface area contributed by atoms with Gasteiger partial charge in [-0.2, -0.15) is 0 Å². The summed E-state index contributed by atoms with van der Waals surface area (Å²) in [6.45, 7) is 1.18. The van der Waals surface area contributed by atoms with Gasteiger partial charge in [0, 0.05) is 24.8 Å². The minimum Gasteiger partial charge on any atom is -0.493 e. The normalized spacial score (nSPS) is 11.0. The predicted octanol–water partition coefficient (Wildman–Crippen LogP) is 4.62. The van der Waals surface area contributed by atoms with Gasteiger partial charge in [-0.05, 0) is 36.4 Å². The fourth-order valence-corrected chi connectivity index (χ4v) is 3.43. The van der Waals surface area contributed by atoms with Crippen LogP contribution in [0.25, 0.3) is 21.8 Å². The molecule has 0 aliphatic carbocycles. The molecule has 1 amide bonds. The summed E-state index contributed by atoms with van der Waals surface area (Å²) in [5.74, 6) is 1.90. The molecule has 1 aromatic heterocycles. The fraction of sp³-hybridized carbons (Fsp3) is 0.250.